The molecule has 1 rings (SSSR count). The Kier molecular flexibility index (Phi) is 5.90. The zero-order chi connectivity index (χ0) is 16.0. The maximum Gasteiger partial charge on any atom is 0.303 e. The van der Waals surface area contributed by atoms with Crippen molar-refractivity contribution in [2.24, 2.45) is 5.92 Å². The minimum atomic E-state index is -3.43. The number of para-hydroxylation sites is 1. The summed E-state index contributed by atoms with van der Waals surface area (Å²) in [5.41, 5.74) is 0.229. The predicted molar refractivity (Wildman–Crippen MR) is 78.8 cm³/mol. The van der Waals surface area contributed by atoms with Gasteiger partial charge in [-0.3, -0.25) is 9.59 Å². The SMILES string of the molecule is CCS(=O)(=O)c1ccccc1NC(=O)CC(C)CC(=O)O. The van der Waals surface area contributed by atoms with Crippen LogP contribution in [0.2, 0.25) is 0 Å². The van der Waals surface area contributed by atoms with Gasteiger partial charge in [0.1, 0.15) is 0 Å². The van der Waals surface area contributed by atoms with E-state index in [1.165, 1.54) is 19.1 Å². The summed E-state index contributed by atoms with van der Waals surface area (Å²) < 4.78 is 23.9. The lowest BCUT2D eigenvalue weighted by Crippen LogP contribution is -2.18. The molecule has 0 bridgehead atoms. The van der Waals surface area contributed by atoms with Crippen LogP contribution in [0.25, 0.3) is 0 Å². The van der Waals surface area contributed by atoms with Gasteiger partial charge in [0.05, 0.1) is 16.3 Å². The van der Waals surface area contributed by atoms with Gasteiger partial charge >= 0.3 is 5.97 Å². The third kappa shape index (κ3) is 5.18. The monoisotopic (exact) mass is 313 g/mol. The lowest BCUT2D eigenvalue weighted by molar-refractivity contribution is -0.138. The lowest BCUT2D eigenvalue weighted by atomic mass is 10.0. The summed E-state index contributed by atoms with van der Waals surface area (Å²) in [5, 5.41) is 11.2. The molecule has 116 valence electrons. The van der Waals surface area contributed by atoms with E-state index in [0.717, 1.165) is 0 Å². The fourth-order valence-electron chi connectivity index (χ4n) is 1.88. The Morgan fingerprint density at radius 1 is 1.24 bits per heavy atom. The van der Waals surface area contributed by atoms with Crippen molar-refractivity contribution in [2.75, 3.05) is 11.1 Å². The molecule has 1 amide bonds. The molecule has 0 aliphatic rings. The van der Waals surface area contributed by atoms with E-state index in [0.29, 0.717) is 0 Å². The third-order valence-corrected chi connectivity index (χ3v) is 4.72. The summed E-state index contributed by atoms with van der Waals surface area (Å²) in [6.45, 7) is 3.19. The van der Waals surface area contributed by atoms with E-state index in [2.05, 4.69) is 5.32 Å². The van der Waals surface area contributed by atoms with Crippen LogP contribution < -0.4 is 5.32 Å². The highest BCUT2D eigenvalue weighted by atomic mass is 32.2. The summed E-state index contributed by atoms with van der Waals surface area (Å²) in [7, 11) is -3.43. The van der Waals surface area contributed by atoms with Crippen LogP contribution >= 0.6 is 0 Å². The quantitative estimate of drug-likeness (QED) is 0.801. The number of benzene rings is 1. The molecule has 0 saturated carbocycles. The summed E-state index contributed by atoms with van der Waals surface area (Å²) in [5.74, 6) is -1.75. The molecule has 1 aromatic rings. The molecule has 2 N–H and O–H groups in total. The predicted octanol–water partition coefficient (Wildman–Crippen LogP) is 1.92. The molecule has 0 aromatic heterocycles. The van der Waals surface area contributed by atoms with Crippen molar-refractivity contribution in [2.45, 2.75) is 31.6 Å². The van der Waals surface area contributed by atoms with Crippen molar-refractivity contribution in [3.05, 3.63) is 24.3 Å². The summed E-state index contributed by atoms with van der Waals surface area (Å²) in [6.07, 6.45) is -0.0882. The fourth-order valence-corrected chi connectivity index (χ4v) is 2.94. The van der Waals surface area contributed by atoms with Crippen molar-refractivity contribution in [1.29, 1.82) is 0 Å². The molecular weight excluding hydrogens is 294 g/mol. The first-order valence-corrected chi connectivity index (χ1v) is 8.25. The van der Waals surface area contributed by atoms with Gasteiger partial charge < -0.3 is 10.4 Å². The number of hydrogen-bond donors (Lipinski definition) is 2. The Bertz CT molecular complexity index is 624. The van der Waals surface area contributed by atoms with E-state index in [9.17, 15) is 18.0 Å². The summed E-state index contributed by atoms with van der Waals surface area (Å²) in [6, 6.07) is 6.17. The Labute approximate surface area is 124 Å². The van der Waals surface area contributed by atoms with Crippen molar-refractivity contribution in [3.8, 4) is 0 Å². The second-order valence-electron chi connectivity index (χ2n) is 4.85. The number of carboxylic acid groups (broad SMARTS) is 1. The van der Waals surface area contributed by atoms with E-state index >= 15 is 0 Å². The molecule has 21 heavy (non-hydrogen) atoms. The van der Waals surface area contributed by atoms with Crippen LogP contribution in [-0.2, 0) is 19.4 Å². The number of anilines is 1. The average molecular weight is 313 g/mol. The van der Waals surface area contributed by atoms with Crippen LogP contribution in [0.3, 0.4) is 0 Å². The average Bonchev–Trinajstić information content (AvgIpc) is 2.37. The van der Waals surface area contributed by atoms with Crippen LogP contribution in [0, 0.1) is 5.92 Å². The molecule has 1 atom stereocenters. The first kappa shape index (κ1) is 17.2. The van der Waals surface area contributed by atoms with Gasteiger partial charge in [-0.25, -0.2) is 8.42 Å². The minimum Gasteiger partial charge on any atom is -0.481 e. The van der Waals surface area contributed by atoms with Gasteiger partial charge in [-0.05, 0) is 18.1 Å². The Hall–Kier alpha value is -1.89. The number of rotatable bonds is 7. The molecule has 6 nitrogen and oxygen atoms in total. The van der Waals surface area contributed by atoms with Gasteiger partial charge in [-0.15, -0.1) is 0 Å². The minimum absolute atomic E-state index is 0.0206. The molecule has 0 heterocycles. The number of carboxylic acids is 1. The molecule has 1 aromatic carbocycles. The first-order chi connectivity index (χ1) is 9.76. The summed E-state index contributed by atoms with van der Waals surface area (Å²) in [4.78, 5) is 22.5. The van der Waals surface area contributed by atoms with Gasteiger partial charge in [-0.2, -0.15) is 0 Å². The molecule has 0 saturated heterocycles. The number of carbonyl (C=O) groups excluding carboxylic acids is 1. The van der Waals surface area contributed by atoms with Gasteiger partial charge in [0, 0.05) is 12.8 Å². The van der Waals surface area contributed by atoms with Gasteiger partial charge in [0.15, 0.2) is 9.84 Å². The van der Waals surface area contributed by atoms with Crippen molar-refractivity contribution < 1.29 is 23.1 Å². The number of hydrogen-bond acceptors (Lipinski definition) is 4. The smallest absolute Gasteiger partial charge is 0.303 e. The molecule has 0 fully saturated rings. The maximum atomic E-state index is 11.9. The Morgan fingerprint density at radius 3 is 2.43 bits per heavy atom. The number of nitrogens with one attached hydrogen (secondary N) is 1. The number of aliphatic carboxylic acids is 1. The topological polar surface area (TPSA) is 101 Å². The van der Waals surface area contributed by atoms with Crippen LogP contribution in [-0.4, -0.2) is 31.2 Å². The lowest BCUT2D eigenvalue weighted by Gasteiger charge is -2.12. The van der Waals surface area contributed by atoms with E-state index in [1.54, 1.807) is 19.1 Å². The highest BCUT2D eigenvalue weighted by Gasteiger charge is 2.18. The van der Waals surface area contributed by atoms with E-state index in [4.69, 9.17) is 5.11 Å². The first-order valence-electron chi connectivity index (χ1n) is 6.59. The number of amides is 1. The van der Waals surface area contributed by atoms with Crippen LogP contribution in [0.4, 0.5) is 5.69 Å². The molecule has 0 aliphatic heterocycles. The van der Waals surface area contributed by atoms with E-state index in [1.807, 2.05) is 0 Å². The van der Waals surface area contributed by atoms with Crippen molar-refractivity contribution in [3.63, 3.8) is 0 Å². The highest BCUT2D eigenvalue weighted by Crippen LogP contribution is 2.22. The fraction of sp³-hybridized carbons (Fsp3) is 0.429. The Morgan fingerprint density at radius 2 is 1.86 bits per heavy atom. The third-order valence-electron chi connectivity index (χ3n) is 2.93. The maximum absolute atomic E-state index is 11.9. The zero-order valence-electron chi connectivity index (χ0n) is 12.0. The van der Waals surface area contributed by atoms with E-state index < -0.39 is 21.7 Å². The normalized spacial score (nSPS) is 12.7. The molecule has 0 radical (unpaired) electrons. The molecule has 0 spiro atoms. The highest BCUT2D eigenvalue weighted by molar-refractivity contribution is 7.91. The van der Waals surface area contributed by atoms with Gasteiger partial charge in [0.25, 0.3) is 0 Å². The van der Waals surface area contributed by atoms with Crippen LogP contribution in [0.5, 0.6) is 0 Å². The van der Waals surface area contributed by atoms with Crippen molar-refractivity contribution in [1.82, 2.24) is 0 Å². The molecule has 0 aliphatic carbocycles. The molecule has 1 unspecified atom stereocenters. The Balaban J connectivity index is 2.85. The van der Waals surface area contributed by atoms with Crippen LogP contribution in [0.1, 0.15) is 26.7 Å². The van der Waals surface area contributed by atoms with Gasteiger partial charge in [0.2, 0.25) is 5.91 Å². The number of sulfone groups is 1. The standard InChI is InChI=1S/C14H19NO5S/c1-3-21(19,20)12-7-5-4-6-11(12)15-13(16)8-10(2)9-14(17)18/h4-7,10H,3,8-9H2,1-2H3,(H,15,16)(H,17,18). The second-order valence-corrected chi connectivity index (χ2v) is 7.10. The van der Waals surface area contributed by atoms with Crippen LogP contribution in [0.15, 0.2) is 29.2 Å². The van der Waals surface area contributed by atoms with E-state index in [-0.39, 0.29) is 35.1 Å². The summed E-state index contributed by atoms with van der Waals surface area (Å²) >= 11 is 0. The second kappa shape index (κ2) is 7.21. The van der Waals surface area contributed by atoms with Crippen molar-refractivity contribution >= 4 is 27.4 Å². The largest absolute Gasteiger partial charge is 0.481 e. The zero-order valence-corrected chi connectivity index (χ0v) is 12.8. The molecular formula is C14H19NO5S. The number of carbonyl (C=O) groups is 2. The van der Waals surface area contributed by atoms with Gasteiger partial charge in [-0.1, -0.05) is 26.0 Å². The molecule has 7 heteroatoms.